The van der Waals surface area contributed by atoms with E-state index in [-0.39, 0.29) is 23.0 Å². The van der Waals surface area contributed by atoms with Crippen LogP contribution in [0.2, 0.25) is 0 Å². The molecule has 2 aromatic carbocycles. The highest BCUT2D eigenvalue weighted by Crippen LogP contribution is 2.37. The summed E-state index contributed by atoms with van der Waals surface area (Å²) >= 11 is 6.72. The molecule has 0 aliphatic carbocycles. The second kappa shape index (κ2) is 21.4. The normalized spacial score (nSPS) is 15.3. The van der Waals surface area contributed by atoms with Crippen molar-refractivity contribution < 1.29 is 9.50 Å². The van der Waals surface area contributed by atoms with Crippen molar-refractivity contribution in [2.75, 3.05) is 10.8 Å². The lowest BCUT2D eigenvalue weighted by molar-refractivity contribution is 0.475. The summed E-state index contributed by atoms with van der Waals surface area (Å²) in [5.41, 5.74) is 7.18. The molecule has 2 N–H and O–H groups in total. The number of halogens is 2. The first-order chi connectivity index (χ1) is 19.3. The van der Waals surface area contributed by atoms with Crippen molar-refractivity contribution in [2.45, 2.75) is 59.4 Å². The molecular formula is C33H43ClFN3OS. The first-order valence-corrected chi connectivity index (χ1v) is 14.5. The van der Waals surface area contributed by atoms with Crippen LogP contribution in [0.3, 0.4) is 0 Å². The average molecular weight is 584 g/mol. The Bertz CT molecular complexity index is 1170. The van der Waals surface area contributed by atoms with Gasteiger partial charge in [0.2, 0.25) is 0 Å². The minimum Gasteiger partial charge on any atom is -0.508 e. The largest absolute Gasteiger partial charge is 0.508 e. The van der Waals surface area contributed by atoms with Crippen molar-refractivity contribution in [2.24, 2.45) is 5.10 Å². The van der Waals surface area contributed by atoms with Gasteiger partial charge in [0.1, 0.15) is 17.7 Å². The van der Waals surface area contributed by atoms with Crippen LogP contribution >= 0.6 is 23.4 Å². The Balaban J connectivity index is 0.00000171. The maximum Gasteiger partial charge on any atom is 0.190 e. The summed E-state index contributed by atoms with van der Waals surface area (Å²) in [7, 11) is 0. The number of phenolic OH excluding ortho intramolecular Hbond substituents is 1. The number of terminal acetylenes is 1. The summed E-state index contributed by atoms with van der Waals surface area (Å²) in [5.74, 6) is 0.427. The molecule has 0 fully saturated rings. The molecule has 2 atom stereocenters. The van der Waals surface area contributed by atoms with Crippen molar-refractivity contribution in [3.8, 4) is 18.6 Å². The van der Waals surface area contributed by atoms with E-state index in [4.69, 9.17) is 11.6 Å². The van der Waals surface area contributed by atoms with Gasteiger partial charge in [-0.25, -0.2) is 4.39 Å². The Kier molecular flexibility index (Phi) is 19.6. The molecule has 0 saturated heterocycles. The smallest absolute Gasteiger partial charge is 0.190 e. The molecule has 3 rings (SSSR count). The number of aromatic hydroxyl groups is 1. The zero-order chi connectivity index (χ0) is 30.5. The summed E-state index contributed by atoms with van der Waals surface area (Å²) in [5, 5.41) is 15.7. The highest BCUT2D eigenvalue weighted by Gasteiger charge is 2.33. The number of thioether (sulfide) groups is 1. The van der Waals surface area contributed by atoms with Gasteiger partial charge in [0.25, 0.3) is 0 Å². The Morgan fingerprint density at radius 3 is 2.38 bits per heavy atom. The lowest BCUT2D eigenvalue weighted by Gasteiger charge is -2.29. The Morgan fingerprint density at radius 1 is 1.18 bits per heavy atom. The van der Waals surface area contributed by atoms with Crippen LogP contribution in [0.15, 0.2) is 102 Å². The van der Waals surface area contributed by atoms with Crippen LogP contribution in [-0.2, 0) is 0 Å². The zero-order valence-electron chi connectivity index (χ0n) is 24.4. The average Bonchev–Trinajstić information content (AvgIpc) is 3.42. The van der Waals surface area contributed by atoms with Crippen LogP contribution < -0.4 is 10.3 Å². The van der Waals surface area contributed by atoms with Crippen LogP contribution in [-0.4, -0.2) is 21.4 Å². The lowest BCUT2D eigenvalue weighted by atomic mass is 10.1. The summed E-state index contributed by atoms with van der Waals surface area (Å²) in [6.45, 7) is 15.6. The van der Waals surface area contributed by atoms with Gasteiger partial charge in [0.15, 0.2) is 5.17 Å². The van der Waals surface area contributed by atoms with E-state index in [1.807, 2.05) is 44.7 Å². The molecule has 1 aliphatic heterocycles. The maximum atomic E-state index is 14.0. The molecule has 0 spiro atoms. The molecule has 0 bridgehead atoms. The van der Waals surface area contributed by atoms with Crippen molar-refractivity contribution in [1.29, 1.82) is 0 Å². The molecule has 7 heteroatoms. The lowest BCUT2D eigenvalue weighted by Crippen LogP contribution is -2.33. The number of rotatable bonds is 8. The number of anilines is 1. The van der Waals surface area contributed by atoms with Gasteiger partial charge in [-0.1, -0.05) is 85.3 Å². The minimum absolute atomic E-state index is 0.169. The molecular weight excluding hydrogens is 541 g/mol. The van der Waals surface area contributed by atoms with E-state index in [1.165, 1.54) is 23.3 Å². The number of benzene rings is 2. The minimum atomic E-state index is -0.373. The molecule has 216 valence electrons. The predicted molar refractivity (Wildman–Crippen MR) is 176 cm³/mol. The van der Waals surface area contributed by atoms with E-state index < -0.39 is 0 Å². The van der Waals surface area contributed by atoms with Crippen molar-refractivity contribution >= 4 is 34.2 Å². The fourth-order valence-electron chi connectivity index (χ4n) is 3.34. The third-order valence-electron chi connectivity index (χ3n) is 5.53. The molecule has 1 aliphatic rings. The number of nitrogens with zero attached hydrogens (tertiary/aromatic N) is 2. The molecule has 2 aromatic rings. The molecule has 2 unspecified atom stereocenters. The van der Waals surface area contributed by atoms with Gasteiger partial charge < -0.3 is 5.11 Å². The zero-order valence-corrected chi connectivity index (χ0v) is 26.0. The molecule has 0 amide bonds. The second-order valence-electron chi connectivity index (χ2n) is 8.12. The first-order valence-electron chi connectivity index (χ1n) is 13.1. The third kappa shape index (κ3) is 12.2. The van der Waals surface area contributed by atoms with E-state index >= 15 is 0 Å². The Morgan fingerprint density at radius 2 is 1.82 bits per heavy atom. The molecule has 40 heavy (non-hydrogen) atoms. The Hall–Kier alpha value is -3.40. The van der Waals surface area contributed by atoms with Crippen LogP contribution in [0.4, 0.5) is 10.1 Å². The summed E-state index contributed by atoms with van der Waals surface area (Å²) in [6.07, 6.45) is 18.6. The number of hydrazone groups is 1. The highest BCUT2D eigenvalue weighted by atomic mass is 35.5. The SMILES string of the molecule is C#C.C/C=C(C)\C=C/CC(SC1=NNC(c2cccc(F)c2)N1c1cccc(O)c1)/C(C)=C/C.C=CCCl.CC. The fraction of sp³-hybridized carbons (Fsp3) is 0.303. The van der Waals surface area contributed by atoms with Crippen LogP contribution in [0.5, 0.6) is 5.75 Å². The van der Waals surface area contributed by atoms with Crippen LogP contribution in [0.25, 0.3) is 0 Å². The third-order valence-corrected chi connectivity index (χ3v) is 7.09. The standard InChI is InChI=1S/C26H30FN3OS.C3H5Cl.C2H6.C2H2/c1-5-18(3)10-7-15-24(19(4)6-2)32-26-29-28-25(20-11-8-12-21(27)16-20)30(26)22-13-9-14-23(31)17-22;1-2-3-4;2*1-2/h5-14,16-17,24-25,28,31H,15H2,1-4H3;2H,1,3H2;1-2H3;1-2H/b10-7-,18-5-,19-6+;;;. The number of hydrogen-bond acceptors (Lipinski definition) is 5. The highest BCUT2D eigenvalue weighted by molar-refractivity contribution is 8.14. The topological polar surface area (TPSA) is 47.9 Å². The fourth-order valence-corrected chi connectivity index (χ4v) is 4.55. The number of phenols is 1. The van der Waals surface area contributed by atoms with Crippen LogP contribution in [0.1, 0.15) is 59.7 Å². The molecule has 0 radical (unpaired) electrons. The number of allylic oxidation sites excluding steroid dienone is 6. The van der Waals surface area contributed by atoms with Crippen molar-refractivity contribution in [3.05, 3.63) is 108 Å². The predicted octanol–water partition coefficient (Wildman–Crippen LogP) is 9.58. The van der Waals surface area contributed by atoms with Crippen LogP contribution in [0, 0.1) is 18.7 Å². The molecule has 0 aromatic heterocycles. The monoisotopic (exact) mass is 583 g/mol. The van der Waals surface area contributed by atoms with E-state index in [1.54, 1.807) is 42.1 Å². The first kappa shape index (κ1) is 36.6. The van der Waals surface area contributed by atoms with E-state index in [2.05, 4.69) is 68.1 Å². The van der Waals surface area contributed by atoms with Gasteiger partial charge in [-0.3, -0.25) is 10.3 Å². The maximum absolute atomic E-state index is 14.0. The van der Waals surface area contributed by atoms with Gasteiger partial charge in [-0.2, -0.15) is 5.10 Å². The number of amidine groups is 1. The Labute approximate surface area is 250 Å². The number of nitrogens with one attached hydrogen (secondary N) is 1. The van der Waals surface area contributed by atoms with Gasteiger partial charge in [0, 0.05) is 22.9 Å². The van der Waals surface area contributed by atoms with Crippen molar-refractivity contribution in [1.82, 2.24) is 5.43 Å². The van der Waals surface area contributed by atoms with Gasteiger partial charge in [0.05, 0.1) is 0 Å². The molecule has 0 saturated carbocycles. The van der Waals surface area contributed by atoms with E-state index in [0.29, 0.717) is 5.88 Å². The van der Waals surface area contributed by atoms with E-state index in [9.17, 15) is 9.50 Å². The van der Waals surface area contributed by atoms with Gasteiger partial charge >= 0.3 is 0 Å². The van der Waals surface area contributed by atoms with Crippen molar-refractivity contribution in [3.63, 3.8) is 0 Å². The summed E-state index contributed by atoms with van der Waals surface area (Å²) in [4.78, 5) is 2.01. The molecule has 1 heterocycles. The van der Waals surface area contributed by atoms with E-state index in [0.717, 1.165) is 22.8 Å². The van der Waals surface area contributed by atoms with Gasteiger partial charge in [-0.15, -0.1) is 31.0 Å². The number of alkyl halides is 1. The quantitative estimate of drug-likeness (QED) is 0.141. The number of hydrogen-bond donors (Lipinski definition) is 2. The molecule has 4 nitrogen and oxygen atoms in total. The van der Waals surface area contributed by atoms with Gasteiger partial charge in [-0.05, 0) is 63.9 Å². The summed E-state index contributed by atoms with van der Waals surface area (Å²) < 4.78 is 14.0. The second-order valence-corrected chi connectivity index (χ2v) is 9.60. The summed E-state index contributed by atoms with van der Waals surface area (Å²) in [6, 6.07) is 13.5.